The van der Waals surface area contributed by atoms with E-state index in [-0.39, 0.29) is 5.60 Å². The van der Waals surface area contributed by atoms with Crippen LogP contribution >= 0.6 is 11.6 Å². The largest absolute Gasteiger partial charge is 0.487 e. The van der Waals surface area contributed by atoms with Crippen molar-refractivity contribution in [3.8, 4) is 5.75 Å². The second-order valence-electron chi connectivity index (χ2n) is 6.07. The molecule has 1 atom stereocenters. The molecule has 0 bridgehead atoms. The third-order valence-electron chi connectivity index (χ3n) is 3.67. The number of hydrogen-bond acceptors (Lipinski definition) is 2. The van der Waals surface area contributed by atoms with Gasteiger partial charge in [0, 0.05) is 23.0 Å². The number of unbranched alkanes of at least 4 members (excludes halogenated alkanes) is 1. The average molecular weight is 282 g/mol. The Morgan fingerprint density at radius 3 is 2.84 bits per heavy atom. The summed E-state index contributed by atoms with van der Waals surface area (Å²) in [4.78, 5) is 0. The van der Waals surface area contributed by atoms with Crippen LogP contribution in [0.5, 0.6) is 5.75 Å². The van der Waals surface area contributed by atoms with Gasteiger partial charge in [-0.05, 0) is 51.4 Å². The van der Waals surface area contributed by atoms with Gasteiger partial charge >= 0.3 is 0 Å². The van der Waals surface area contributed by atoms with E-state index in [1.54, 1.807) is 0 Å². The molecule has 106 valence electrons. The summed E-state index contributed by atoms with van der Waals surface area (Å²) in [6.45, 7) is 9.57. The highest BCUT2D eigenvalue weighted by Crippen LogP contribution is 2.41. The van der Waals surface area contributed by atoms with Crippen molar-refractivity contribution >= 4 is 11.6 Å². The molecule has 2 rings (SSSR count). The van der Waals surface area contributed by atoms with Crippen LogP contribution in [0.25, 0.3) is 0 Å². The molecule has 1 aliphatic rings. The summed E-state index contributed by atoms with van der Waals surface area (Å²) in [5, 5.41) is 4.47. The number of fused-ring (bicyclic) bond motifs is 1. The van der Waals surface area contributed by atoms with E-state index in [1.807, 2.05) is 6.92 Å². The number of hydrogen-bond donors (Lipinski definition) is 1. The van der Waals surface area contributed by atoms with Gasteiger partial charge < -0.3 is 10.1 Å². The van der Waals surface area contributed by atoms with Gasteiger partial charge in [0.2, 0.25) is 0 Å². The van der Waals surface area contributed by atoms with Gasteiger partial charge in [0.05, 0.1) is 0 Å². The molecule has 0 saturated heterocycles. The second kappa shape index (κ2) is 5.72. The lowest BCUT2D eigenvalue weighted by atomic mass is 9.89. The molecule has 2 nitrogen and oxygen atoms in total. The Kier molecular flexibility index (Phi) is 4.42. The first kappa shape index (κ1) is 14.7. The number of benzene rings is 1. The summed E-state index contributed by atoms with van der Waals surface area (Å²) in [5.74, 6) is 0.979. The Hall–Kier alpha value is -0.730. The minimum atomic E-state index is -0.128. The van der Waals surface area contributed by atoms with Gasteiger partial charge in [-0.25, -0.2) is 0 Å². The lowest BCUT2D eigenvalue weighted by molar-refractivity contribution is 0.0660. The van der Waals surface area contributed by atoms with Crippen molar-refractivity contribution in [2.24, 2.45) is 0 Å². The molecule has 0 amide bonds. The maximum atomic E-state index is 6.26. The first-order valence-corrected chi connectivity index (χ1v) is 7.53. The van der Waals surface area contributed by atoms with Crippen molar-refractivity contribution in [2.75, 3.05) is 6.54 Å². The molecular formula is C16H24ClNO. The predicted octanol–water partition coefficient (Wildman–Crippen LogP) is 4.64. The zero-order valence-electron chi connectivity index (χ0n) is 12.3. The SMILES string of the molecule is CCCCNC1CC(C)(C)Oc2cc(C)c(Cl)cc21. The number of rotatable bonds is 4. The highest BCUT2D eigenvalue weighted by molar-refractivity contribution is 6.31. The maximum Gasteiger partial charge on any atom is 0.125 e. The highest BCUT2D eigenvalue weighted by atomic mass is 35.5. The molecule has 1 heterocycles. The summed E-state index contributed by atoms with van der Waals surface area (Å²) >= 11 is 6.26. The Bertz CT molecular complexity index is 456. The van der Waals surface area contributed by atoms with E-state index in [0.717, 1.165) is 29.3 Å². The molecule has 0 radical (unpaired) electrons. The lowest BCUT2D eigenvalue weighted by Crippen LogP contribution is -2.39. The molecule has 1 unspecified atom stereocenters. The van der Waals surface area contributed by atoms with E-state index in [2.05, 4.69) is 38.2 Å². The van der Waals surface area contributed by atoms with Crippen molar-refractivity contribution in [2.45, 2.75) is 58.6 Å². The van der Waals surface area contributed by atoms with Crippen molar-refractivity contribution < 1.29 is 4.74 Å². The number of ether oxygens (including phenoxy) is 1. The summed E-state index contributed by atoms with van der Waals surface area (Å²) < 4.78 is 6.09. The normalized spacial score (nSPS) is 20.8. The molecule has 0 spiro atoms. The zero-order chi connectivity index (χ0) is 14.0. The summed E-state index contributed by atoms with van der Waals surface area (Å²) in [6.07, 6.45) is 3.39. The summed E-state index contributed by atoms with van der Waals surface area (Å²) in [7, 11) is 0. The van der Waals surface area contributed by atoms with Crippen LogP contribution in [-0.4, -0.2) is 12.1 Å². The fourth-order valence-corrected chi connectivity index (χ4v) is 2.78. The standard InChI is InChI=1S/C16H24ClNO/c1-5-6-7-18-14-10-16(3,4)19-15-8-11(2)13(17)9-12(14)15/h8-9,14,18H,5-7,10H2,1-4H3. The van der Waals surface area contributed by atoms with Crippen molar-refractivity contribution in [3.05, 3.63) is 28.3 Å². The second-order valence-corrected chi connectivity index (χ2v) is 6.47. The molecule has 0 aromatic heterocycles. The number of aryl methyl sites for hydroxylation is 1. The van der Waals surface area contributed by atoms with Crippen LogP contribution in [0, 0.1) is 6.92 Å². The minimum Gasteiger partial charge on any atom is -0.487 e. The summed E-state index contributed by atoms with van der Waals surface area (Å²) in [5.41, 5.74) is 2.15. The van der Waals surface area contributed by atoms with E-state index >= 15 is 0 Å². The predicted molar refractivity (Wildman–Crippen MR) is 81.2 cm³/mol. The fraction of sp³-hybridized carbons (Fsp3) is 0.625. The maximum absolute atomic E-state index is 6.26. The van der Waals surface area contributed by atoms with Gasteiger partial charge in [0.15, 0.2) is 0 Å². The van der Waals surface area contributed by atoms with Crippen molar-refractivity contribution in [3.63, 3.8) is 0 Å². The average Bonchev–Trinajstić information content (AvgIpc) is 2.31. The molecular weight excluding hydrogens is 258 g/mol. The van der Waals surface area contributed by atoms with Crippen LogP contribution in [-0.2, 0) is 0 Å². The molecule has 0 saturated carbocycles. The lowest BCUT2D eigenvalue weighted by Gasteiger charge is -2.38. The van der Waals surface area contributed by atoms with Crippen LogP contribution < -0.4 is 10.1 Å². The fourth-order valence-electron chi connectivity index (χ4n) is 2.61. The van der Waals surface area contributed by atoms with Crippen molar-refractivity contribution in [1.29, 1.82) is 0 Å². The quantitative estimate of drug-likeness (QED) is 0.812. The van der Waals surface area contributed by atoms with Gasteiger partial charge in [-0.15, -0.1) is 0 Å². The van der Waals surface area contributed by atoms with Crippen LogP contribution in [0.4, 0.5) is 0 Å². The molecule has 1 aliphatic heterocycles. The van der Waals surface area contributed by atoms with Crippen LogP contribution in [0.2, 0.25) is 5.02 Å². The summed E-state index contributed by atoms with van der Waals surface area (Å²) in [6, 6.07) is 4.46. The monoisotopic (exact) mass is 281 g/mol. The molecule has 1 aromatic carbocycles. The molecule has 3 heteroatoms. The van der Waals surface area contributed by atoms with Gasteiger partial charge in [-0.2, -0.15) is 0 Å². The van der Waals surface area contributed by atoms with E-state index in [0.29, 0.717) is 6.04 Å². The highest BCUT2D eigenvalue weighted by Gasteiger charge is 2.33. The third kappa shape index (κ3) is 3.43. The van der Waals surface area contributed by atoms with E-state index in [4.69, 9.17) is 16.3 Å². The molecule has 0 fully saturated rings. The molecule has 19 heavy (non-hydrogen) atoms. The zero-order valence-corrected chi connectivity index (χ0v) is 13.1. The smallest absolute Gasteiger partial charge is 0.125 e. The van der Waals surface area contributed by atoms with Gasteiger partial charge in [0.1, 0.15) is 11.4 Å². The first-order valence-electron chi connectivity index (χ1n) is 7.15. The molecule has 1 N–H and O–H groups in total. The van der Waals surface area contributed by atoms with E-state index in [1.165, 1.54) is 18.4 Å². The van der Waals surface area contributed by atoms with E-state index in [9.17, 15) is 0 Å². The number of nitrogens with one attached hydrogen (secondary N) is 1. The van der Waals surface area contributed by atoms with Crippen LogP contribution in [0.1, 0.15) is 57.2 Å². The Morgan fingerprint density at radius 2 is 2.16 bits per heavy atom. The van der Waals surface area contributed by atoms with Gasteiger partial charge in [-0.3, -0.25) is 0 Å². The van der Waals surface area contributed by atoms with Gasteiger partial charge in [-0.1, -0.05) is 24.9 Å². The van der Waals surface area contributed by atoms with E-state index < -0.39 is 0 Å². The van der Waals surface area contributed by atoms with Gasteiger partial charge in [0.25, 0.3) is 0 Å². The Balaban J connectivity index is 2.28. The third-order valence-corrected chi connectivity index (χ3v) is 4.08. The van der Waals surface area contributed by atoms with Crippen LogP contribution in [0.3, 0.4) is 0 Å². The van der Waals surface area contributed by atoms with Crippen LogP contribution in [0.15, 0.2) is 12.1 Å². The number of halogens is 1. The Labute approximate surface area is 121 Å². The van der Waals surface area contributed by atoms with Crippen molar-refractivity contribution in [1.82, 2.24) is 5.32 Å². The first-order chi connectivity index (χ1) is 8.93. The minimum absolute atomic E-state index is 0.128. The molecule has 1 aromatic rings. The Morgan fingerprint density at radius 1 is 1.42 bits per heavy atom. The topological polar surface area (TPSA) is 21.3 Å². The molecule has 0 aliphatic carbocycles.